The SMILES string of the molecule is O=C(O)CS(=O)(=O)N(Cc1c(F)cccc1Cl)C1CC1. The lowest BCUT2D eigenvalue weighted by Gasteiger charge is -2.21. The molecule has 1 aliphatic rings. The smallest absolute Gasteiger partial charge is 0.320 e. The van der Waals surface area contributed by atoms with Gasteiger partial charge in [-0.15, -0.1) is 0 Å². The van der Waals surface area contributed by atoms with E-state index in [1.807, 2.05) is 0 Å². The van der Waals surface area contributed by atoms with E-state index in [9.17, 15) is 17.6 Å². The first-order valence-electron chi connectivity index (χ1n) is 5.95. The molecule has 0 spiro atoms. The van der Waals surface area contributed by atoms with E-state index in [1.54, 1.807) is 0 Å². The summed E-state index contributed by atoms with van der Waals surface area (Å²) < 4.78 is 38.8. The van der Waals surface area contributed by atoms with Crippen molar-refractivity contribution in [2.45, 2.75) is 25.4 Å². The second-order valence-electron chi connectivity index (χ2n) is 4.63. The number of hydrogen-bond donors (Lipinski definition) is 1. The molecule has 0 amide bonds. The monoisotopic (exact) mass is 321 g/mol. The van der Waals surface area contributed by atoms with E-state index in [1.165, 1.54) is 18.2 Å². The maximum absolute atomic E-state index is 13.7. The number of carbonyl (C=O) groups is 1. The molecule has 8 heteroatoms. The van der Waals surface area contributed by atoms with Crippen molar-refractivity contribution in [3.63, 3.8) is 0 Å². The van der Waals surface area contributed by atoms with E-state index in [4.69, 9.17) is 16.7 Å². The molecule has 5 nitrogen and oxygen atoms in total. The van der Waals surface area contributed by atoms with Gasteiger partial charge < -0.3 is 5.11 Å². The van der Waals surface area contributed by atoms with Crippen molar-refractivity contribution in [2.24, 2.45) is 0 Å². The van der Waals surface area contributed by atoms with E-state index >= 15 is 0 Å². The van der Waals surface area contributed by atoms with E-state index in [0.717, 1.165) is 4.31 Å². The first-order chi connectivity index (χ1) is 9.31. The van der Waals surface area contributed by atoms with E-state index in [-0.39, 0.29) is 23.2 Å². The van der Waals surface area contributed by atoms with Gasteiger partial charge in [0.15, 0.2) is 5.75 Å². The predicted octanol–water partition coefficient (Wildman–Crippen LogP) is 1.86. The molecule has 0 heterocycles. The van der Waals surface area contributed by atoms with Crippen molar-refractivity contribution in [3.05, 3.63) is 34.6 Å². The summed E-state index contributed by atoms with van der Waals surface area (Å²) in [7, 11) is -3.98. The van der Waals surface area contributed by atoms with Crippen LogP contribution in [0.1, 0.15) is 18.4 Å². The second kappa shape index (κ2) is 5.67. The van der Waals surface area contributed by atoms with Crippen molar-refractivity contribution < 1.29 is 22.7 Å². The molecule has 1 saturated carbocycles. The van der Waals surface area contributed by atoms with Gasteiger partial charge in [0.2, 0.25) is 10.0 Å². The van der Waals surface area contributed by atoms with Crippen LogP contribution in [-0.4, -0.2) is 35.6 Å². The quantitative estimate of drug-likeness (QED) is 0.867. The minimum atomic E-state index is -3.98. The molecule has 0 aromatic heterocycles. The lowest BCUT2D eigenvalue weighted by molar-refractivity contribution is -0.134. The molecular weight excluding hydrogens is 309 g/mol. The van der Waals surface area contributed by atoms with Crippen LogP contribution in [0.15, 0.2) is 18.2 Å². The van der Waals surface area contributed by atoms with Crippen LogP contribution in [0.5, 0.6) is 0 Å². The molecule has 0 unspecified atom stereocenters. The average Bonchev–Trinajstić information content (AvgIpc) is 3.10. The van der Waals surface area contributed by atoms with Gasteiger partial charge in [-0.05, 0) is 25.0 Å². The maximum Gasteiger partial charge on any atom is 0.320 e. The fourth-order valence-electron chi connectivity index (χ4n) is 1.90. The fraction of sp³-hybridized carbons (Fsp3) is 0.417. The van der Waals surface area contributed by atoms with Gasteiger partial charge in [0, 0.05) is 23.2 Å². The van der Waals surface area contributed by atoms with Gasteiger partial charge in [-0.25, -0.2) is 12.8 Å². The van der Waals surface area contributed by atoms with Gasteiger partial charge in [0.1, 0.15) is 5.82 Å². The molecule has 1 N–H and O–H groups in total. The topological polar surface area (TPSA) is 74.7 Å². The number of hydrogen-bond acceptors (Lipinski definition) is 3. The third-order valence-corrected chi connectivity index (χ3v) is 5.10. The molecule has 0 bridgehead atoms. The molecule has 0 radical (unpaired) electrons. The van der Waals surface area contributed by atoms with E-state index in [0.29, 0.717) is 12.8 Å². The van der Waals surface area contributed by atoms with Crippen LogP contribution in [0.4, 0.5) is 4.39 Å². The zero-order chi connectivity index (χ0) is 14.9. The molecule has 1 aliphatic carbocycles. The Bertz CT molecular complexity index is 610. The molecule has 0 saturated heterocycles. The molecule has 2 rings (SSSR count). The summed E-state index contributed by atoms with van der Waals surface area (Å²) in [5.41, 5.74) is 0.0648. The van der Waals surface area contributed by atoms with Crippen molar-refractivity contribution in [1.29, 1.82) is 0 Å². The van der Waals surface area contributed by atoms with Crippen LogP contribution >= 0.6 is 11.6 Å². The Morgan fingerprint density at radius 2 is 2.10 bits per heavy atom. The van der Waals surface area contributed by atoms with Crippen LogP contribution in [0.2, 0.25) is 5.02 Å². The van der Waals surface area contributed by atoms with Crippen molar-refractivity contribution >= 4 is 27.6 Å². The van der Waals surface area contributed by atoms with E-state index in [2.05, 4.69) is 0 Å². The Balaban J connectivity index is 2.29. The minimum absolute atomic E-state index is 0.0648. The Labute approximate surface area is 121 Å². The molecule has 1 aromatic rings. The number of carboxylic acid groups (broad SMARTS) is 1. The Hall–Kier alpha value is -1.18. The number of halogens is 2. The number of benzene rings is 1. The number of aliphatic carboxylic acids is 1. The lowest BCUT2D eigenvalue weighted by atomic mass is 10.2. The van der Waals surface area contributed by atoms with Crippen LogP contribution in [-0.2, 0) is 21.4 Å². The first kappa shape index (κ1) is 15.2. The molecule has 1 aromatic carbocycles. The summed E-state index contributed by atoms with van der Waals surface area (Å²) >= 11 is 5.88. The molecular formula is C12H13ClFNO4S. The molecule has 1 fully saturated rings. The number of carboxylic acids is 1. The summed E-state index contributed by atoms with van der Waals surface area (Å²) in [5.74, 6) is -3.04. The van der Waals surface area contributed by atoms with Gasteiger partial charge in [-0.3, -0.25) is 4.79 Å². The molecule has 0 atom stereocenters. The maximum atomic E-state index is 13.7. The Morgan fingerprint density at radius 1 is 1.45 bits per heavy atom. The number of nitrogens with zero attached hydrogens (tertiary/aromatic N) is 1. The van der Waals surface area contributed by atoms with Crippen LogP contribution in [0, 0.1) is 5.82 Å². The lowest BCUT2D eigenvalue weighted by Crippen LogP contribution is -2.37. The largest absolute Gasteiger partial charge is 0.480 e. The van der Waals surface area contributed by atoms with Gasteiger partial charge in [0.05, 0.1) is 0 Å². The van der Waals surface area contributed by atoms with Crippen LogP contribution in [0.3, 0.4) is 0 Å². The van der Waals surface area contributed by atoms with Crippen LogP contribution in [0.25, 0.3) is 0 Å². The van der Waals surface area contributed by atoms with Crippen molar-refractivity contribution in [3.8, 4) is 0 Å². The summed E-state index contributed by atoms with van der Waals surface area (Å²) in [4.78, 5) is 10.6. The first-order valence-corrected chi connectivity index (χ1v) is 7.94. The fourth-order valence-corrected chi connectivity index (χ4v) is 3.59. The standard InChI is InChI=1S/C12H13ClFNO4S/c13-10-2-1-3-11(14)9(10)6-15(8-4-5-8)20(18,19)7-12(16)17/h1-3,8H,4-7H2,(H,16,17). The third-order valence-electron chi connectivity index (χ3n) is 2.99. The highest BCUT2D eigenvalue weighted by Crippen LogP contribution is 2.33. The number of rotatable bonds is 6. The normalized spacial score (nSPS) is 15.6. The molecule has 0 aliphatic heterocycles. The zero-order valence-corrected chi connectivity index (χ0v) is 12.0. The average molecular weight is 322 g/mol. The zero-order valence-electron chi connectivity index (χ0n) is 10.4. The highest BCUT2D eigenvalue weighted by atomic mass is 35.5. The highest BCUT2D eigenvalue weighted by Gasteiger charge is 2.38. The van der Waals surface area contributed by atoms with Gasteiger partial charge in [0.25, 0.3) is 0 Å². The van der Waals surface area contributed by atoms with Crippen LogP contribution < -0.4 is 0 Å². The summed E-state index contributed by atoms with van der Waals surface area (Å²) in [6, 6.07) is 3.81. The summed E-state index contributed by atoms with van der Waals surface area (Å²) in [5, 5.41) is 8.80. The van der Waals surface area contributed by atoms with Gasteiger partial charge >= 0.3 is 5.97 Å². The van der Waals surface area contributed by atoms with Crippen molar-refractivity contribution in [2.75, 3.05) is 5.75 Å². The Morgan fingerprint density at radius 3 is 2.60 bits per heavy atom. The molecule has 20 heavy (non-hydrogen) atoms. The second-order valence-corrected chi connectivity index (χ2v) is 6.96. The number of sulfonamides is 1. The third kappa shape index (κ3) is 3.47. The predicted molar refractivity (Wildman–Crippen MR) is 71.4 cm³/mol. The summed E-state index contributed by atoms with van der Waals surface area (Å²) in [6.45, 7) is -0.244. The van der Waals surface area contributed by atoms with Gasteiger partial charge in [-0.1, -0.05) is 17.7 Å². The minimum Gasteiger partial charge on any atom is -0.480 e. The van der Waals surface area contributed by atoms with Crippen molar-refractivity contribution in [1.82, 2.24) is 4.31 Å². The molecule has 110 valence electrons. The Kier molecular flexibility index (Phi) is 4.31. The summed E-state index contributed by atoms with van der Waals surface area (Å²) in [6.07, 6.45) is 1.29. The van der Waals surface area contributed by atoms with Gasteiger partial charge in [-0.2, -0.15) is 4.31 Å². The van der Waals surface area contributed by atoms with E-state index < -0.39 is 27.6 Å². The highest BCUT2D eigenvalue weighted by molar-refractivity contribution is 7.89.